The molecule has 3 rings (SSSR count). The number of anilines is 1. The predicted molar refractivity (Wildman–Crippen MR) is 101 cm³/mol. The van der Waals surface area contributed by atoms with E-state index in [2.05, 4.69) is 31.8 Å². The third kappa shape index (κ3) is 4.40. The first-order valence-electron chi connectivity index (χ1n) is 8.06. The molecule has 0 atom stereocenters. The number of H-pyrrole nitrogens is 1. The van der Waals surface area contributed by atoms with Crippen LogP contribution in [0.15, 0.2) is 47.1 Å². The summed E-state index contributed by atoms with van der Waals surface area (Å²) >= 11 is 3.23. The van der Waals surface area contributed by atoms with Gasteiger partial charge < -0.3 is 9.88 Å². The standard InChI is InChI=1S/C18H17BrN4O3/c19-13-10-15(20-11-13)18(26)22-21-16(24)8-5-12-3-6-14(7-4-12)23-9-1-2-17(23)25/h3-8,10-11,20H,1-2,9H2,(H,21,24)(H,22,26)/b8-5+. The summed E-state index contributed by atoms with van der Waals surface area (Å²) in [6.45, 7) is 0.744. The molecule has 26 heavy (non-hydrogen) atoms. The number of hydrogen-bond donors (Lipinski definition) is 3. The van der Waals surface area contributed by atoms with Crippen LogP contribution in [0.3, 0.4) is 0 Å². The van der Waals surface area contributed by atoms with Gasteiger partial charge in [0.05, 0.1) is 0 Å². The zero-order valence-electron chi connectivity index (χ0n) is 13.8. The molecule has 0 unspecified atom stereocenters. The van der Waals surface area contributed by atoms with Crippen LogP contribution in [-0.4, -0.2) is 29.3 Å². The van der Waals surface area contributed by atoms with Crippen LogP contribution in [0.5, 0.6) is 0 Å². The molecule has 1 saturated heterocycles. The average Bonchev–Trinajstić information content (AvgIpc) is 3.26. The van der Waals surface area contributed by atoms with E-state index in [0.717, 1.165) is 28.7 Å². The Hall–Kier alpha value is -2.87. The van der Waals surface area contributed by atoms with E-state index in [9.17, 15) is 14.4 Å². The molecule has 3 N–H and O–H groups in total. The van der Waals surface area contributed by atoms with Crippen LogP contribution >= 0.6 is 15.9 Å². The van der Waals surface area contributed by atoms with Crippen LogP contribution in [0.25, 0.3) is 6.08 Å². The van der Waals surface area contributed by atoms with Crippen molar-refractivity contribution in [3.8, 4) is 0 Å². The number of carbonyl (C=O) groups excluding carboxylic acids is 3. The van der Waals surface area contributed by atoms with Gasteiger partial charge in [-0.2, -0.15) is 0 Å². The van der Waals surface area contributed by atoms with Gasteiger partial charge in [0.2, 0.25) is 5.91 Å². The van der Waals surface area contributed by atoms with Crippen molar-refractivity contribution < 1.29 is 14.4 Å². The summed E-state index contributed by atoms with van der Waals surface area (Å²) in [6, 6.07) is 8.97. The SMILES string of the molecule is O=C(/C=C/c1ccc(N2CCCC2=O)cc1)NNC(=O)c1cc(Br)c[nH]1. The molecular formula is C18H17BrN4O3. The van der Waals surface area contributed by atoms with E-state index in [-0.39, 0.29) is 5.91 Å². The molecule has 0 saturated carbocycles. The maximum absolute atomic E-state index is 11.8. The van der Waals surface area contributed by atoms with Gasteiger partial charge in [0.15, 0.2) is 0 Å². The number of hydrazine groups is 1. The van der Waals surface area contributed by atoms with Gasteiger partial charge in [-0.25, -0.2) is 0 Å². The van der Waals surface area contributed by atoms with Gasteiger partial charge in [-0.15, -0.1) is 0 Å². The van der Waals surface area contributed by atoms with Crippen molar-refractivity contribution >= 4 is 45.4 Å². The van der Waals surface area contributed by atoms with E-state index in [1.165, 1.54) is 6.08 Å². The Balaban J connectivity index is 1.51. The van der Waals surface area contributed by atoms with Gasteiger partial charge in [-0.05, 0) is 52.2 Å². The molecule has 0 aliphatic carbocycles. The summed E-state index contributed by atoms with van der Waals surface area (Å²) in [7, 11) is 0. The van der Waals surface area contributed by atoms with E-state index >= 15 is 0 Å². The van der Waals surface area contributed by atoms with Crippen molar-refractivity contribution in [1.29, 1.82) is 0 Å². The summed E-state index contributed by atoms with van der Waals surface area (Å²) in [5.74, 6) is -0.766. The third-order valence-electron chi connectivity index (χ3n) is 3.90. The lowest BCUT2D eigenvalue weighted by atomic mass is 10.2. The zero-order valence-corrected chi connectivity index (χ0v) is 15.4. The molecule has 0 radical (unpaired) electrons. The summed E-state index contributed by atoms with van der Waals surface area (Å²) in [6.07, 6.45) is 6.04. The molecule has 134 valence electrons. The lowest BCUT2D eigenvalue weighted by molar-refractivity contribution is -0.117. The van der Waals surface area contributed by atoms with Gasteiger partial charge in [-0.3, -0.25) is 25.2 Å². The van der Waals surface area contributed by atoms with E-state index in [4.69, 9.17) is 0 Å². The highest BCUT2D eigenvalue weighted by molar-refractivity contribution is 9.10. The third-order valence-corrected chi connectivity index (χ3v) is 4.35. The minimum atomic E-state index is -0.456. The number of aromatic nitrogens is 1. The highest BCUT2D eigenvalue weighted by Gasteiger charge is 2.21. The van der Waals surface area contributed by atoms with Crippen molar-refractivity contribution in [2.75, 3.05) is 11.4 Å². The second-order valence-corrected chi connectivity index (χ2v) is 6.66. The van der Waals surface area contributed by atoms with Crippen LogP contribution in [-0.2, 0) is 9.59 Å². The van der Waals surface area contributed by atoms with E-state index in [0.29, 0.717) is 12.1 Å². The molecule has 7 nitrogen and oxygen atoms in total. The minimum Gasteiger partial charge on any atom is -0.356 e. The molecule has 1 aromatic heterocycles. The Labute approximate surface area is 158 Å². The van der Waals surface area contributed by atoms with Crippen molar-refractivity contribution in [3.63, 3.8) is 0 Å². The Morgan fingerprint density at radius 3 is 2.58 bits per heavy atom. The van der Waals surface area contributed by atoms with Crippen LogP contribution in [0.4, 0.5) is 5.69 Å². The Kier molecular flexibility index (Phi) is 5.52. The maximum Gasteiger partial charge on any atom is 0.286 e. The van der Waals surface area contributed by atoms with Crippen molar-refractivity contribution in [1.82, 2.24) is 15.8 Å². The second kappa shape index (κ2) is 8.01. The van der Waals surface area contributed by atoms with Crippen LogP contribution in [0.1, 0.15) is 28.9 Å². The molecule has 1 fully saturated rings. The highest BCUT2D eigenvalue weighted by Crippen LogP contribution is 2.21. The first kappa shape index (κ1) is 17.9. The van der Waals surface area contributed by atoms with Crippen molar-refractivity contribution in [2.45, 2.75) is 12.8 Å². The second-order valence-electron chi connectivity index (χ2n) is 5.75. The average molecular weight is 417 g/mol. The number of rotatable bonds is 4. The number of nitrogens with one attached hydrogen (secondary N) is 3. The normalized spacial score (nSPS) is 14.0. The largest absolute Gasteiger partial charge is 0.356 e. The van der Waals surface area contributed by atoms with Gasteiger partial charge >= 0.3 is 0 Å². The van der Waals surface area contributed by atoms with E-state index in [1.54, 1.807) is 23.2 Å². The molecule has 0 spiro atoms. The van der Waals surface area contributed by atoms with Gasteiger partial charge in [-0.1, -0.05) is 12.1 Å². The van der Waals surface area contributed by atoms with Crippen molar-refractivity contribution in [2.24, 2.45) is 0 Å². The Morgan fingerprint density at radius 2 is 1.96 bits per heavy atom. The first-order chi connectivity index (χ1) is 12.5. The maximum atomic E-state index is 11.8. The molecule has 2 heterocycles. The Morgan fingerprint density at radius 1 is 1.19 bits per heavy atom. The van der Waals surface area contributed by atoms with Gasteiger partial charge in [0.1, 0.15) is 5.69 Å². The number of amides is 3. The van der Waals surface area contributed by atoms with E-state index in [1.807, 2.05) is 24.3 Å². The fourth-order valence-electron chi connectivity index (χ4n) is 2.58. The van der Waals surface area contributed by atoms with Crippen LogP contribution in [0.2, 0.25) is 0 Å². The predicted octanol–water partition coefficient (Wildman–Crippen LogP) is 2.38. The number of benzene rings is 1. The summed E-state index contributed by atoms with van der Waals surface area (Å²) in [5.41, 5.74) is 6.62. The molecular weight excluding hydrogens is 400 g/mol. The molecule has 3 amide bonds. The summed E-state index contributed by atoms with van der Waals surface area (Å²) in [5, 5.41) is 0. The Bertz CT molecular complexity index is 858. The van der Waals surface area contributed by atoms with Crippen molar-refractivity contribution in [3.05, 3.63) is 58.3 Å². The van der Waals surface area contributed by atoms with Crippen LogP contribution in [0, 0.1) is 0 Å². The highest BCUT2D eigenvalue weighted by atomic mass is 79.9. The summed E-state index contributed by atoms with van der Waals surface area (Å²) in [4.78, 5) is 39.8. The first-order valence-corrected chi connectivity index (χ1v) is 8.85. The molecule has 0 bridgehead atoms. The molecule has 8 heteroatoms. The molecule has 1 aromatic carbocycles. The molecule has 1 aliphatic rings. The van der Waals surface area contributed by atoms with E-state index < -0.39 is 11.8 Å². The lowest BCUT2D eigenvalue weighted by Gasteiger charge is -2.15. The zero-order chi connectivity index (χ0) is 18.5. The quantitative estimate of drug-likeness (QED) is 0.527. The number of nitrogens with zero attached hydrogens (tertiary/aromatic N) is 1. The summed E-state index contributed by atoms with van der Waals surface area (Å²) < 4.78 is 0.743. The fraction of sp³-hybridized carbons (Fsp3) is 0.167. The van der Waals surface area contributed by atoms with Gasteiger partial charge in [0, 0.05) is 35.4 Å². The number of hydrogen-bond acceptors (Lipinski definition) is 3. The molecule has 1 aliphatic heterocycles. The monoisotopic (exact) mass is 416 g/mol. The lowest BCUT2D eigenvalue weighted by Crippen LogP contribution is -2.40. The van der Waals surface area contributed by atoms with Gasteiger partial charge in [0.25, 0.3) is 11.8 Å². The smallest absolute Gasteiger partial charge is 0.286 e. The number of halogens is 1. The fourth-order valence-corrected chi connectivity index (χ4v) is 2.93. The number of aromatic amines is 1. The molecule has 2 aromatic rings. The minimum absolute atomic E-state index is 0.137. The van der Waals surface area contributed by atoms with Crippen LogP contribution < -0.4 is 15.8 Å². The number of carbonyl (C=O) groups is 3. The topological polar surface area (TPSA) is 94.3 Å².